The Labute approximate surface area is 201 Å². The molecule has 0 aliphatic carbocycles. The fraction of sp³-hybridized carbons (Fsp3) is 0.429. The number of esters is 2. The molecule has 0 spiro atoms. The highest BCUT2D eigenvalue weighted by Crippen LogP contribution is 2.42. The largest absolute Gasteiger partial charge is 0.488 e. The summed E-state index contributed by atoms with van der Waals surface area (Å²) < 4.78 is 23.4. The van der Waals surface area contributed by atoms with Crippen molar-refractivity contribution in [1.29, 1.82) is 0 Å². The van der Waals surface area contributed by atoms with Crippen molar-refractivity contribution >= 4 is 33.5 Å². The predicted molar refractivity (Wildman–Crippen MR) is 133 cm³/mol. The van der Waals surface area contributed by atoms with Crippen molar-refractivity contribution in [2.45, 2.75) is 65.6 Å². The highest BCUT2D eigenvalue weighted by molar-refractivity contribution is 6.11. The average molecular weight is 467 g/mol. The van der Waals surface area contributed by atoms with Gasteiger partial charge in [0.2, 0.25) is 0 Å². The van der Waals surface area contributed by atoms with Crippen molar-refractivity contribution < 1.29 is 28.5 Å². The molecule has 0 amide bonds. The molecule has 3 aromatic rings. The van der Waals surface area contributed by atoms with Gasteiger partial charge in [0.05, 0.1) is 0 Å². The van der Waals surface area contributed by atoms with Crippen LogP contribution >= 0.6 is 0 Å². The van der Waals surface area contributed by atoms with E-state index < -0.39 is 0 Å². The number of fused-ring (bicyclic) bond motifs is 2. The lowest BCUT2D eigenvalue weighted by Crippen LogP contribution is -2.22. The van der Waals surface area contributed by atoms with Gasteiger partial charge in [-0.1, -0.05) is 62.4 Å². The molecule has 0 saturated heterocycles. The molecular formula is C28H34O6. The fourth-order valence-electron chi connectivity index (χ4n) is 3.80. The maximum atomic E-state index is 11.8. The summed E-state index contributed by atoms with van der Waals surface area (Å²) in [6, 6.07) is 15.8. The van der Waals surface area contributed by atoms with Crippen LogP contribution in [0.25, 0.3) is 21.5 Å². The van der Waals surface area contributed by atoms with Crippen LogP contribution in [-0.2, 0) is 19.1 Å². The van der Waals surface area contributed by atoms with Crippen LogP contribution in [0.4, 0.5) is 0 Å². The SMILES string of the molecule is CCCC(=O)OC(C)COc1c2ccccc2c(OCC(C)OC(=O)CCC)c2ccccc12. The Kier molecular flexibility index (Phi) is 9.14. The summed E-state index contributed by atoms with van der Waals surface area (Å²) >= 11 is 0. The number of carbonyl (C=O) groups excluding carboxylic acids is 2. The molecule has 34 heavy (non-hydrogen) atoms. The zero-order chi connectivity index (χ0) is 24.5. The first-order valence-corrected chi connectivity index (χ1v) is 12.0. The molecule has 0 saturated carbocycles. The summed E-state index contributed by atoms with van der Waals surface area (Å²) in [5, 5.41) is 3.61. The monoisotopic (exact) mass is 466 g/mol. The van der Waals surface area contributed by atoms with Gasteiger partial charge < -0.3 is 18.9 Å². The van der Waals surface area contributed by atoms with E-state index in [0.29, 0.717) is 12.8 Å². The minimum absolute atomic E-state index is 0.217. The van der Waals surface area contributed by atoms with Crippen LogP contribution < -0.4 is 9.47 Å². The van der Waals surface area contributed by atoms with E-state index in [1.165, 1.54) is 0 Å². The lowest BCUT2D eigenvalue weighted by Gasteiger charge is -2.21. The minimum Gasteiger partial charge on any atom is -0.488 e. The highest BCUT2D eigenvalue weighted by Gasteiger charge is 2.19. The zero-order valence-corrected chi connectivity index (χ0v) is 20.5. The Balaban J connectivity index is 1.89. The third kappa shape index (κ3) is 6.40. The molecule has 2 atom stereocenters. The molecule has 0 fully saturated rings. The van der Waals surface area contributed by atoms with Gasteiger partial charge in [-0.05, 0) is 26.7 Å². The standard InChI is InChI=1S/C28H34O6/c1-5-11-25(29)33-19(3)17-31-27-21-13-7-9-15-23(21)28(24-16-10-8-14-22(24)27)32-18-20(4)34-26(30)12-6-2/h7-10,13-16,19-20H,5-6,11-12,17-18H2,1-4H3. The van der Waals surface area contributed by atoms with Crippen LogP contribution in [0.2, 0.25) is 0 Å². The molecule has 2 unspecified atom stereocenters. The van der Waals surface area contributed by atoms with Gasteiger partial charge in [-0.15, -0.1) is 0 Å². The molecule has 0 aliphatic rings. The second-order valence-corrected chi connectivity index (χ2v) is 8.47. The van der Waals surface area contributed by atoms with Gasteiger partial charge in [-0.2, -0.15) is 0 Å². The maximum Gasteiger partial charge on any atom is 0.306 e. The Bertz CT molecular complexity index is 978. The van der Waals surface area contributed by atoms with E-state index in [9.17, 15) is 9.59 Å². The van der Waals surface area contributed by atoms with Gasteiger partial charge in [0.25, 0.3) is 0 Å². The smallest absolute Gasteiger partial charge is 0.306 e. The van der Waals surface area contributed by atoms with Crippen LogP contribution in [0.15, 0.2) is 48.5 Å². The number of ether oxygens (including phenoxy) is 4. The normalized spacial score (nSPS) is 12.8. The topological polar surface area (TPSA) is 71.1 Å². The molecule has 3 aromatic carbocycles. The summed E-state index contributed by atoms with van der Waals surface area (Å²) in [7, 11) is 0. The Morgan fingerprint density at radius 2 is 0.971 bits per heavy atom. The van der Waals surface area contributed by atoms with E-state index in [1.54, 1.807) is 0 Å². The van der Waals surface area contributed by atoms with Gasteiger partial charge in [0, 0.05) is 34.4 Å². The number of rotatable bonds is 12. The van der Waals surface area contributed by atoms with Gasteiger partial charge in [0.1, 0.15) is 36.9 Å². The Hall–Kier alpha value is -3.28. The van der Waals surface area contributed by atoms with Crippen LogP contribution in [0.5, 0.6) is 11.5 Å². The Morgan fingerprint density at radius 3 is 1.26 bits per heavy atom. The molecule has 0 N–H and O–H groups in total. The predicted octanol–water partition coefficient (Wildman–Crippen LogP) is 6.21. The lowest BCUT2D eigenvalue weighted by atomic mass is 10.0. The number of hydrogen-bond acceptors (Lipinski definition) is 6. The zero-order valence-electron chi connectivity index (χ0n) is 20.5. The third-order valence-corrected chi connectivity index (χ3v) is 5.33. The van der Waals surface area contributed by atoms with Crippen molar-refractivity contribution in [2.24, 2.45) is 0 Å². The third-order valence-electron chi connectivity index (χ3n) is 5.33. The first-order chi connectivity index (χ1) is 16.4. The van der Waals surface area contributed by atoms with Crippen molar-refractivity contribution in [2.75, 3.05) is 13.2 Å². The van der Waals surface area contributed by atoms with Crippen LogP contribution in [0, 0.1) is 0 Å². The van der Waals surface area contributed by atoms with E-state index in [2.05, 4.69) is 0 Å². The second kappa shape index (κ2) is 12.3. The highest BCUT2D eigenvalue weighted by atomic mass is 16.6. The summed E-state index contributed by atoms with van der Waals surface area (Å²) in [6.07, 6.45) is 1.56. The molecule has 6 nitrogen and oxygen atoms in total. The molecule has 182 valence electrons. The van der Waals surface area contributed by atoms with E-state index in [-0.39, 0.29) is 37.4 Å². The van der Waals surface area contributed by atoms with Crippen LogP contribution in [0.3, 0.4) is 0 Å². The average Bonchev–Trinajstić information content (AvgIpc) is 2.81. The lowest BCUT2D eigenvalue weighted by molar-refractivity contribution is -0.150. The number of hydrogen-bond donors (Lipinski definition) is 0. The van der Waals surface area contributed by atoms with E-state index >= 15 is 0 Å². The van der Waals surface area contributed by atoms with Gasteiger partial charge in [0.15, 0.2) is 0 Å². The van der Waals surface area contributed by atoms with Crippen molar-refractivity contribution in [3.8, 4) is 11.5 Å². The summed E-state index contributed by atoms with van der Waals surface area (Å²) in [6.45, 7) is 8.04. The van der Waals surface area contributed by atoms with E-state index in [0.717, 1.165) is 45.9 Å². The molecule has 0 aliphatic heterocycles. The quantitative estimate of drug-likeness (QED) is 0.233. The second-order valence-electron chi connectivity index (χ2n) is 8.47. The molecule has 0 bridgehead atoms. The summed E-state index contributed by atoms with van der Waals surface area (Å²) in [4.78, 5) is 23.7. The van der Waals surface area contributed by atoms with Crippen molar-refractivity contribution in [3.05, 3.63) is 48.5 Å². The van der Waals surface area contributed by atoms with Crippen molar-refractivity contribution in [1.82, 2.24) is 0 Å². The Morgan fingerprint density at radius 1 is 0.647 bits per heavy atom. The molecule has 0 aromatic heterocycles. The molecule has 6 heteroatoms. The summed E-state index contributed by atoms with van der Waals surface area (Å²) in [5.74, 6) is 1.01. The van der Waals surface area contributed by atoms with Crippen LogP contribution in [-0.4, -0.2) is 37.4 Å². The van der Waals surface area contributed by atoms with Gasteiger partial charge in [-0.25, -0.2) is 0 Å². The molecule has 0 heterocycles. The first-order valence-electron chi connectivity index (χ1n) is 12.0. The van der Waals surface area contributed by atoms with E-state index in [4.69, 9.17) is 18.9 Å². The van der Waals surface area contributed by atoms with Crippen molar-refractivity contribution in [3.63, 3.8) is 0 Å². The molecule has 0 radical (unpaired) electrons. The maximum absolute atomic E-state index is 11.8. The number of benzene rings is 3. The number of carbonyl (C=O) groups is 2. The molecular weight excluding hydrogens is 432 g/mol. The summed E-state index contributed by atoms with van der Waals surface area (Å²) in [5.41, 5.74) is 0. The first kappa shape index (κ1) is 25.3. The fourth-order valence-corrected chi connectivity index (χ4v) is 3.80. The van der Waals surface area contributed by atoms with Crippen LogP contribution in [0.1, 0.15) is 53.4 Å². The molecule has 3 rings (SSSR count). The van der Waals surface area contributed by atoms with E-state index in [1.807, 2.05) is 76.2 Å². The minimum atomic E-state index is -0.369. The van der Waals surface area contributed by atoms with Gasteiger partial charge >= 0.3 is 11.9 Å². The van der Waals surface area contributed by atoms with Gasteiger partial charge in [-0.3, -0.25) is 9.59 Å².